The Hall–Kier alpha value is -3.06. The number of carbonyl (C=O) groups is 2. The molecule has 0 aliphatic carbocycles. The maximum Gasteiger partial charge on any atom is 0.339 e. The van der Waals surface area contributed by atoms with Gasteiger partial charge in [0.2, 0.25) is 0 Å². The van der Waals surface area contributed by atoms with Crippen LogP contribution in [0.5, 0.6) is 0 Å². The van der Waals surface area contributed by atoms with Crippen LogP contribution in [0.2, 0.25) is 0 Å². The van der Waals surface area contributed by atoms with E-state index in [1.54, 1.807) is 24.3 Å². The molecule has 1 heterocycles. The van der Waals surface area contributed by atoms with Crippen molar-refractivity contribution in [3.05, 3.63) is 76.7 Å². The molecule has 0 bridgehead atoms. The summed E-state index contributed by atoms with van der Waals surface area (Å²) in [7, 11) is 0. The van der Waals surface area contributed by atoms with E-state index >= 15 is 0 Å². The molecule has 29 heavy (non-hydrogen) atoms. The fourth-order valence-corrected chi connectivity index (χ4v) is 3.86. The summed E-state index contributed by atoms with van der Waals surface area (Å²) in [5.41, 5.74) is 4.03. The average molecular weight is 410 g/mol. The zero-order chi connectivity index (χ0) is 20.8. The number of thioether (sulfide) groups is 1. The van der Waals surface area contributed by atoms with Gasteiger partial charge < -0.3 is 14.6 Å². The van der Waals surface area contributed by atoms with Gasteiger partial charge in [-0.1, -0.05) is 35.0 Å². The molecular weight excluding hydrogens is 388 g/mol. The quantitative estimate of drug-likeness (QED) is 0.450. The van der Waals surface area contributed by atoms with Gasteiger partial charge in [-0.05, 0) is 45.0 Å². The number of anilines is 1. The minimum Gasteiger partial charge on any atom is -0.452 e. The Morgan fingerprint density at radius 3 is 2.48 bits per heavy atom. The van der Waals surface area contributed by atoms with Crippen molar-refractivity contribution in [2.75, 3.05) is 11.9 Å². The number of carbonyl (C=O) groups excluding carboxylic acids is 2. The first-order valence-corrected chi connectivity index (χ1v) is 10.1. The molecule has 1 amide bonds. The highest BCUT2D eigenvalue weighted by atomic mass is 32.2. The maximum atomic E-state index is 12.5. The molecule has 2 aromatic carbocycles. The van der Waals surface area contributed by atoms with Gasteiger partial charge in [-0.15, -0.1) is 11.8 Å². The van der Waals surface area contributed by atoms with Crippen molar-refractivity contribution >= 4 is 29.3 Å². The normalized spacial score (nSPS) is 10.6. The van der Waals surface area contributed by atoms with Crippen LogP contribution in [0.15, 0.2) is 57.9 Å². The Morgan fingerprint density at radius 2 is 1.79 bits per heavy atom. The summed E-state index contributed by atoms with van der Waals surface area (Å²) in [6.45, 7) is 5.37. The standard InChI is InChI=1S/C22H22N2O4S/c1-14-8-10-17(11-9-14)23-21(25)12-27-22(26)18-6-4-5-7-20(18)29-13-19-15(2)24-28-16(19)3/h4-11H,12-13H2,1-3H3,(H,23,25). The minimum atomic E-state index is -0.536. The van der Waals surface area contributed by atoms with Crippen LogP contribution in [0.3, 0.4) is 0 Å². The predicted molar refractivity (Wildman–Crippen MR) is 112 cm³/mol. The molecule has 0 radical (unpaired) electrons. The van der Waals surface area contributed by atoms with Crippen molar-refractivity contribution in [2.24, 2.45) is 0 Å². The lowest BCUT2D eigenvalue weighted by Gasteiger charge is -2.10. The molecule has 0 fully saturated rings. The van der Waals surface area contributed by atoms with Gasteiger partial charge in [0.1, 0.15) is 5.76 Å². The highest BCUT2D eigenvalue weighted by Gasteiger charge is 2.16. The summed E-state index contributed by atoms with van der Waals surface area (Å²) >= 11 is 1.50. The number of nitrogens with one attached hydrogen (secondary N) is 1. The molecule has 7 heteroatoms. The molecule has 0 aliphatic heterocycles. The zero-order valence-corrected chi connectivity index (χ0v) is 17.3. The van der Waals surface area contributed by atoms with Crippen LogP contribution < -0.4 is 5.32 Å². The first kappa shape index (κ1) is 20.7. The Balaban J connectivity index is 1.59. The van der Waals surface area contributed by atoms with Gasteiger partial charge in [-0.3, -0.25) is 4.79 Å². The van der Waals surface area contributed by atoms with Crippen molar-refractivity contribution in [3.8, 4) is 0 Å². The molecule has 3 rings (SSSR count). The van der Waals surface area contributed by atoms with Gasteiger partial charge in [0.05, 0.1) is 11.3 Å². The van der Waals surface area contributed by atoms with E-state index in [1.165, 1.54) is 11.8 Å². The maximum absolute atomic E-state index is 12.5. The largest absolute Gasteiger partial charge is 0.452 e. The average Bonchev–Trinajstić information content (AvgIpc) is 3.04. The summed E-state index contributed by atoms with van der Waals surface area (Å²) in [6, 6.07) is 14.6. The Morgan fingerprint density at radius 1 is 1.07 bits per heavy atom. The molecule has 0 saturated carbocycles. The molecule has 1 N–H and O–H groups in total. The third kappa shape index (κ3) is 5.48. The molecule has 0 saturated heterocycles. The number of hydrogen-bond donors (Lipinski definition) is 1. The second-order valence-electron chi connectivity index (χ2n) is 6.58. The van der Waals surface area contributed by atoms with Crippen LogP contribution in [0.25, 0.3) is 0 Å². The monoisotopic (exact) mass is 410 g/mol. The van der Waals surface area contributed by atoms with E-state index in [4.69, 9.17) is 9.26 Å². The summed E-state index contributed by atoms with van der Waals surface area (Å²) < 4.78 is 10.4. The van der Waals surface area contributed by atoms with Crippen LogP contribution in [0.4, 0.5) is 5.69 Å². The number of ether oxygens (including phenoxy) is 1. The lowest BCUT2D eigenvalue weighted by molar-refractivity contribution is -0.119. The second-order valence-corrected chi connectivity index (χ2v) is 7.60. The van der Waals surface area contributed by atoms with E-state index in [2.05, 4.69) is 10.5 Å². The van der Waals surface area contributed by atoms with Gasteiger partial charge in [0.25, 0.3) is 5.91 Å². The molecule has 0 unspecified atom stereocenters. The number of amides is 1. The van der Waals surface area contributed by atoms with Crippen molar-refractivity contribution in [2.45, 2.75) is 31.4 Å². The fourth-order valence-electron chi connectivity index (χ4n) is 2.66. The van der Waals surface area contributed by atoms with Gasteiger partial charge in [-0.2, -0.15) is 0 Å². The summed E-state index contributed by atoms with van der Waals surface area (Å²) in [4.78, 5) is 25.4. The van der Waals surface area contributed by atoms with E-state index in [9.17, 15) is 9.59 Å². The van der Waals surface area contributed by atoms with Crippen LogP contribution in [-0.2, 0) is 15.3 Å². The Kier molecular flexibility index (Phi) is 6.72. The molecular formula is C22H22N2O4S. The van der Waals surface area contributed by atoms with Gasteiger partial charge in [-0.25, -0.2) is 4.79 Å². The summed E-state index contributed by atoms with van der Waals surface area (Å²) in [5.74, 6) is 0.469. The van der Waals surface area contributed by atoms with Gasteiger partial charge in [0, 0.05) is 21.9 Å². The lowest BCUT2D eigenvalue weighted by Crippen LogP contribution is -2.21. The second kappa shape index (κ2) is 9.43. The van der Waals surface area contributed by atoms with E-state index in [1.807, 2.05) is 45.0 Å². The van der Waals surface area contributed by atoms with Gasteiger partial charge >= 0.3 is 5.97 Å². The number of rotatable bonds is 7. The molecule has 3 aromatic rings. The zero-order valence-electron chi connectivity index (χ0n) is 16.5. The Bertz CT molecular complexity index is 992. The third-order valence-corrected chi connectivity index (χ3v) is 5.43. The summed E-state index contributed by atoms with van der Waals surface area (Å²) in [5, 5.41) is 6.66. The van der Waals surface area contributed by atoms with Crippen LogP contribution >= 0.6 is 11.8 Å². The van der Waals surface area contributed by atoms with E-state index in [-0.39, 0.29) is 12.5 Å². The number of aromatic nitrogens is 1. The highest BCUT2D eigenvalue weighted by molar-refractivity contribution is 7.98. The van der Waals surface area contributed by atoms with Crippen LogP contribution in [-0.4, -0.2) is 23.6 Å². The minimum absolute atomic E-state index is 0.352. The topological polar surface area (TPSA) is 81.4 Å². The predicted octanol–water partition coefficient (Wildman–Crippen LogP) is 4.69. The molecule has 0 atom stereocenters. The smallest absolute Gasteiger partial charge is 0.339 e. The van der Waals surface area contributed by atoms with E-state index in [0.29, 0.717) is 17.0 Å². The van der Waals surface area contributed by atoms with Crippen LogP contribution in [0, 0.1) is 20.8 Å². The molecule has 0 spiro atoms. The van der Waals surface area contributed by atoms with E-state index < -0.39 is 5.97 Å². The SMILES string of the molecule is Cc1ccc(NC(=O)COC(=O)c2ccccc2SCc2c(C)noc2C)cc1. The van der Waals surface area contributed by atoms with Crippen molar-refractivity contribution in [1.29, 1.82) is 0 Å². The van der Waals surface area contributed by atoms with Crippen LogP contribution in [0.1, 0.15) is 32.9 Å². The van der Waals surface area contributed by atoms with E-state index in [0.717, 1.165) is 27.5 Å². The van der Waals surface area contributed by atoms with Crippen molar-refractivity contribution in [3.63, 3.8) is 0 Å². The Labute approximate surface area is 173 Å². The number of hydrogen-bond acceptors (Lipinski definition) is 6. The van der Waals surface area contributed by atoms with Crippen molar-refractivity contribution < 1.29 is 18.8 Å². The lowest BCUT2D eigenvalue weighted by atomic mass is 10.2. The summed E-state index contributed by atoms with van der Waals surface area (Å²) in [6.07, 6.45) is 0. The number of esters is 1. The molecule has 150 valence electrons. The fraction of sp³-hybridized carbons (Fsp3) is 0.227. The third-order valence-electron chi connectivity index (χ3n) is 4.33. The molecule has 6 nitrogen and oxygen atoms in total. The van der Waals surface area contributed by atoms with Crippen molar-refractivity contribution in [1.82, 2.24) is 5.16 Å². The number of benzene rings is 2. The first-order valence-electron chi connectivity index (χ1n) is 9.11. The highest BCUT2D eigenvalue weighted by Crippen LogP contribution is 2.29. The molecule has 0 aliphatic rings. The number of aryl methyl sites for hydroxylation is 3. The van der Waals surface area contributed by atoms with Gasteiger partial charge in [0.15, 0.2) is 6.61 Å². The molecule has 1 aromatic heterocycles. The first-order chi connectivity index (χ1) is 13.9. The number of nitrogens with zero attached hydrogens (tertiary/aromatic N) is 1.